The maximum absolute atomic E-state index is 5.63. The molecule has 5 nitrogen and oxygen atoms in total. The van der Waals surface area contributed by atoms with Crippen molar-refractivity contribution in [1.29, 1.82) is 0 Å². The van der Waals surface area contributed by atoms with Crippen LogP contribution in [-0.2, 0) is 16.0 Å². The SMILES string of the molecule is c1cc(CNCCCOCC2CCCO2)c2c(c1)OCO2. The molecule has 0 radical (unpaired) electrons. The molecule has 0 aliphatic carbocycles. The molecule has 1 aromatic rings. The highest BCUT2D eigenvalue weighted by Gasteiger charge is 2.16. The smallest absolute Gasteiger partial charge is 0.231 e. The summed E-state index contributed by atoms with van der Waals surface area (Å²) in [6.45, 7) is 4.44. The molecule has 1 saturated heterocycles. The summed E-state index contributed by atoms with van der Waals surface area (Å²) in [5.74, 6) is 1.72. The van der Waals surface area contributed by atoms with Crippen molar-refractivity contribution in [2.24, 2.45) is 0 Å². The standard InChI is InChI=1S/C16H23NO4/c1-4-13(16-15(6-1)20-12-21-16)10-17-7-3-8-18-11-14-5-2-9-19-14/h1,4,6,14,17H,2-3,5,7-12H2. The maximum atomic E-state index is 5.63. The predicted octanol–water partition coefficient (Wildman–Crippen LogP) is 2.09. The van der Waals surface area contributed by atoms with Crippen molar-refractivity contribution in [3.63, 3.8) is 0 Å². The van der Waals surface area contributed by atoms with Gasteiger partial charge in [0.2, 0.25) is 6.79 Å². The van der Waals surface area contributed by atoms with E-state index in [1.807, 2.05) is 12.1 Å². The topological polar surface area (TPSA) is 49.0 Å². The molecular weight excluding hydrogens is 270 g/mol. The van der Waals surface area contributed by atoms with Gasteiger partial charge in [-0.1, -0.05) is 12.1 Å². The van der Waals surface area contributed by atoms with Gasteiger partial charge in [-0.2, -0.15) is 0 Å². The number of para-hydroxylation sites is 1. The third-order valence-electron chi connectivity index (χ3n) is 3.76. The highest BCUT2D eigenvalue weighted by molar-refractivity contribution is 5.48. The quantitative estimate of drug-likeness (QED) is 0.744. The van der Waals surface area contributed by atoms with E-state index in [0.717, 1.165) is 62.8 Å². The molecule has 2 aliphatic heterocycles. The first-order chi connectivity index (χ1) is 10.4. The Morgan fingerprint density at radius 2 is 2.29 bits per heavy atom. The number of rotatable bonds is 8. The molecular formula is C16H23NO4. The fourth-order valence-electron chi connectivity index (χ4n) is 2.64. The van der Waals surface area contributed by atoms with Gasteiger partial charge < -0.3 is 24.3 Å². The van der Waals surface area contributed by atoms with Gasteiger partial charge >= 0.3 is 0 Å². The zero-order chi connectivity index (χ0) is 14.3. The van der Waals surface area contributed by atoms with E-state index < -0.39 is 0 Å². The van der Waals surface area contributed by atoms with E-state index in [1.54, 1.807) is 0 Å². The number of benzene rings is 1. The van der Waals surface area contributed by atoms with Gasteiger partial charge in [-0.25, -0.2) is 0 Å². The largest absolute Gasteiger partial charge is 0.454 e. The summed E-state index contributed by atoms with van der Waals surface area (Å²) in [4.78, 5) is 0. The van der Waals surface area contributed by atoms with Crippen LogP contribution in [0.25, 0.3) is 0 Å². The second kappa shape index (κ2) is 7.64. The molecule has 3 rings (SSSR count). The second-order valence-electron chi connectivity index (χ2n) is 5.39. The Labute approximate surface area is 125 Å². The van der Waals surface area contributed by atoms with Crippen LogP contribution in [0.5, 0.6) is 11.5 Å². The normalized spacial score (nSPS) is 20.1. The van der Waals surface area contributed by atoms with Crippen molar-refractivity contribution >= 4 is 0 Å². The van der Waals surface area contributed by atoms with Gasteiger partial charge in [-0.15, -0.1) is 0 Å². The maximum Gasteiger partial charge on any atom is 0.231 e. The lowest BCUT2D eigenvalue weighted by molar-refractivity contribution is 0.0166. The zero-order valence-electron chi connectivity index (χ0n) is 12.3. The Kier molecular flexibility index (Phi) is 5.32. The first kappa shape index (κ1) is 14.6. The van der Waals surface area contributed by atoms with Gasteiger partial charge in [0.15, 0.2) is 11.5 Å². The number of ether oxygens (including phenoxy) is 4. The Bertz CT molecular complexity index is 446. The number of hydrogen-bond donors (Lipinski definition) is 1. The molecule has 21 heavy (non-hydrogen) atoms. The van der Waals surface area contributed by atoms with Crippen LogP contribution in [-0.4, -0.2) is 39.3 Å². The molecule has 1 fully saturated rings. The Morgan fingerprint density at radius 3 is 3.19 bits per heavy atom. The van der Waals surface area contributed by atoms with Gasteiger partial charge in [0.05, 0.1) is 12.7 Å². The minimum absolute atomic E-state index is 0.321. The monoisotopic (exact) mass is 293 g/mol. The lowest BCUT2D eigenvalue weighted by atomic mass is 10.2. The van der Waals surface area contributed by atoms with Crippen LogP contribution >= 0.6 is 0 Å². The van der Waals surface area contributed by atoms with Gasteiger partial charge in [0.1, 0.15) is 0 Å². The predicted molar refractivity (Wildman–Crippen MR) is 78.7 cm³/mol. The molecule has 1 N–H and O–H groups in total. The first-order valence-electron chi connectivity index (χ1n) is 7.71. The van der Waals surface area contributed by atoms with Crippen LogP contribution in [0.3, 0.4) is 0 Å². The third kappa shape index (κ3) is 4.09. The fourth-order valence-corrected chi connectivity index (χ4v) is 2.64. The molecule has 1 unspecified atom stereocenters. The minimum atomic E-state index is 0.321. The summed E-state index contributed by atoms with van der Waals surface area (Å²) in [6, 6.07) is 5.99. The van der Waals surface area contributed by atoms with Crippen LogP contribution in [0, 0.1) is 0 Å². The van der Waals surface area contributed by atoms with Gasteiger partial charge in [0.25, 0.3) is 0 Å². The summed E-state index contributed by atoms with van der Waals surface area (Å²) in [5, 5.41) is 3.41. The fraction of sp³-hybridized carbons (Fsp3) is 0.625. The van der Waals surface area contributed by atoms with E-state index in [9.17, 15) is 0 Å². The van der Waals surface area contributed by atoms with E-state index in [0.29, 0.717) is 12.9 Å². The minimum Gasteiger partial charge on any atom is -0.454 e. The number of fused-ring (bicyclic) bond motifs is 1. The Morgan fingerprint density at radius 1 is 1.29 bits per heavy atom. The third-order valence-corrected chi connectivity index (χ3v) is 3.76. The number of hydrogen-bond acceptors (Lipinski definition) is 5. The summed E-state index contributed by atoms with van der Waals surface area (Å²) in [6.07, 6.45) is 3.63. The average molecular weight is 293 g/mol. The van der Waals surface area contributed by atoms with E-state index >= 15 is 0 Å². The molecule has 5 heteroatoms. The van der Waals surface area contributed by atoms with Crippen molar-refractivity contribution in [2.45, 2.75) is 31.9 Å². The van der Waals surface area contributed by atoms with Gasteiger partial charge in [0, 0.05) is 25.3 Å². The average Bonchev–Trinajstić information content (AvgIpc) is 3.17. The van der Waals surface area contributed by atoms with Crippen molar-refractivity contribution < 1.29 is 18.9 Å². The van der Waals surface area contributed by atoms with E-state index in [1.165, 1.54) is 6.42 Å². The molecule has 1 atom stereocenters. The van der Waals surface area contributed by atoms with Crippen molar-refractivity contribution in [3.8, 4) is 11.5 Å². The summed E-state index contributed by atoms with van der Waals surface area (Å²) in [7, 11) is 0. The first-order valence-corrected chi connectivity index (χ1v) is 7.71. The summed E-state index contributed by atoms with van der Waals surface area (Å²) in [5.41, 5.74) is 1.14. The molecule has 0 aromatic heterocycles. The summed E-state index contributed by atoms with van der Waals surface area (Å²) >= 11 is 0. The molecule has 2 aliphatic rings. The van der Waals surface area contributed by atoms with E-state index in [4.69, 9.17) is 18.9 Å². The van der Waals surface area contributed by atoms with Crippen LogP contribution in [0.4, 0.5) is 0 Å². The highest BCUT2D eigenvalue weighted by atomic mass is 16.7. The Hall–Kier alpha value is -1.30. The molecule has 1 aromatic carbocycles. The van der Waals surface area contributed by atoms with E-state index in [-0.39, 0.29) is 0 Å². The van der Waals surface area contributed by atoms with E-state index in [2.05, 4.69) is 11.4 Å². The molecule has 0 amide bonds. The lowest BCUT2D eigenvalue weighted by Crippen LogP contribution is -2.19. The molecule has 0 spiro atoms. The van der Waals surface area contributed by atoms with Gasteiger partial charge in [-0.05, 0) is 31.9 Å². The zero-order valence-corrected chi connectivity index (χ0v) is 12.3. The highest BCUT2D eigenvalue weighted by Crippen LogP contribution is 2.35. The summed E-state index contributed by atoms with van der Waals surface area (Å²) < 4.78 is 22.0. The lowest BCUT2D eigenvalue weighted by Gasteiger charge is -2.10. The van der Waals surface area contributed by atoms with Crippen LogP contribution in [0.2, 0.25) is 0 Å². The number of nitrogens with one attached hydrogen (secondary N) is 1. The van der Waals surface area contributed by atoms with Crippen molar-refractivity contribution in [2.75, 3.05) is 33.2 Å². The Balaban J connectivity index is 1.27. The van der Waals surface area contributed by atoms with Crippen LogP contribution in [0.15, 0.2) is 18.2 Å². The van der Waals surface area contributed by atoms with Crippen molar-refractivity contribution in [1.82, 2.24) is 5.32 Å². The molecule has 0 bridgehead atoms. The molecule has 116 valence electrons. The van der Waals surface area contributed by atoms with Crippen LogP contribution in [0.1, 0.15) is 24.8 Å². The molecule has 2 heterocycles. The molecule has 0 saturated carbocycles. The second-order valence-corrected chi connectivity index (χ2v) is 5.39. The van der Waals surface area contributed by atoms with Crippen molar-refractivity contribution in [3.05, 3.63) is 23.8 Å². The van der Waals surface area contributed by atoms with Gasteiger partial charge in [-0.3, -0.25) is 0 Å². The van der Waals surface area contributed by atoms with Crippen LogP contribution < -0.4 is 14.8 Å².